The van der Waals surface area contributed by atoms with E-state index in [0.29, 0.717) is 6.61 Å². The van der Waals surface area contributed by atoms with E-state index in [4.69, 9.17) is 4.74 Å². The van der Waals surface area contributed by atoms with Gasteiger partial charge < -0.3 is 15.0 Å². The van der Waals surface area contributed by atoms with Crippen LogP contribution < -0.4 is 5.32 Å². The third-order valence-corrected chi connectivity index (χ3v) is 4.55. The van der Waals surface area contributed by atoms with Gasteiger partial charge in [-0.15, -0.1) is 0 Å². The molecule has 0 spiro atoms. The number of carbonyl (C=O) groups excluding carboxylic acids is 2. The van der Waals surface area contributed by atoms with Gasteiger partial charge in [0.25, 0.3) is 0 Å². The standard InChI is InChI=1S/C14H24N2O3/c1-8(2)11-12(17)15-9(3)13(18)16(11)14(5)6-7-19-10(14)4/h8-11H,6-7H2,1-5H3,(H,15,17). The average molecular weight is 268 g/mol. The Morgan fingerprint density at radius 1 is 1.37 bits per heavy atom. The second-order valence-corrected chi connectivity index (χ2v) is 6.25. The lowest BCUT2D eigenvalue weighted by Crippen LogP contribution is -2.71. The van der Waals surface area contributed by atoms with Crippen LogP contribution in [-0.2, 0) is 14.3 Å². The number of piperazine rings is 1. The number of nitrogens with zero attached hydrogens (tertiary/aromatic N) is 1. The first-order valence-electron chi connectivity index (χ1n) is 7.04. The number of rotatable bonds is 2. The number of hydrogen-bond acceptors (Lipinski definition) is 3. The quantitative estimate of drug-likeness (QED) is 0.810. The first-order chi connectivity index (χ1) is 8.79. The molecule has 2 aliphatic rings. The second kappa shape index (κ2) is 4.78. The number of amides is 2. The normalized spacial score (nSPS) is 39.9. The van der Waals surface area contributed by atoms with E-state index in [-0.39, 0.29) is 23.8 Å². The fourth-order valence-corrected chi connectivity index (χ4v) is 3.14. The van der Waals surface area contributed by atoms with E-state index in [1.165, 1.54) is 0 Å². The van der Waals surface area contributed by atoms with Gasteiger partial charge in [0.05, 0.1) is 11.6 Å². The molecule has 0 aromatic rings. The highest BCUT2D eigenvalue weighted by Crippen LogP contribution is 2.36. The van der Waals surface area contributed by atoms with Crippen molar-refractivity contribution < 1.29 is 14.3 Å². The molecule has 0 aromatic heterocycles. The van der Waals surface area contributed by atoms with E-state index >= 15 is 0 Å². The van der Waals surface area contributed by atoms with Crippen molar-refractivity contribution in [2.75, 3.05) is 6.61 Å². The topological polar surface area (TPSA) is 58.6 Å². The number of carbonyl (C=O) groups is 2. The smallest absolute Gasteiger partial charge is 0.246 e. The molecule has 2 rings (SSSR count). The molecule has 2 aliphatic heterocycles. The van der Waals surface area contributed by atoms with Crippen molar-refractivity contribution in [1.82, 2.24) is 10.2 Å². The van der Waals surface area contributed by atoms with Gasteiger partial charge in [-0.3, -0.25) is 9.59 Å². The Morgan fingerprint density at radius 3 is 2.47 bits per heavy atom. The van der Waals surface area contributed by atoms with Crippen molar-refractivity contribution in [1.29, 1.82) is 0 Å². The van der Waals surface area contributed by atoms with E-state index in [1.54, 1.807) is 11.8 Å². The molecule has 5 heteroatoms. The summed E-state index contributed by atoms with van der Waals surface area (Å²) in [5, 5.41) is 2.77. The first kappa shape index (κ1) is 14.3. The Balaban J connectivity index is 2.41. The molecular weight excluding hydrogens is 244 g/mol. The van der Waals surface area contributed by atoms with E-state index < -0.39 is 17.6 Å². The molecule has 0 aliphatic carbocycles. The van der Waals surface area contributed by atoms with Crippen molar-refractivity contribution in [2.45, 2.75) is 64.8 Å². The van der Waals surface area contributed by atoms with Crippen molar-refractivity contribution in [3.8, 4) is 0 Å². The summed E-state index contributed by atoms with van der Waals surface area (Å²) in [6, 6.07) is -0.857. The highest BCUT2D eigenvalue weighted by Gasteiger charge is 2.52. The number of hydrogen-bond donors (Lipinski definition) is 1. The molecule has 1 N–H and O–H groups in total. The minimum atomic E-state index is -0.452. The van der Waals surface area contributed by atoms with E-state index in [2.05, 4.69) is 5.32 Å². The Kier molecular flexibility index (Phi) is 3.60. The minimum absolute atomic E-state index is 0.00171. The number of ether oxygens (including phenoxy) is 1. The van der Waals surface area contributed by atoms with E-state index in [1.807, 2.05) is 27.7 Å². The number of nitrogens with one attached hydrogen (secondary N) is 1. The molecular formula is C14H24N2O3. The molecule has 0 saturated carbocycles. The van der Waals surface area contributed by atoms with Crippen molar-refractivity contribution in [3.05, 3.63) is 0 Å². The van der Waals surface area contributed by atoms with Gasteiger partial charge in [-0.25, -0.2) is 0 Å². The van der Waals surface area contributed by atoms with Crippen molar-refractivity contribution in [2.24, 2.45) is 5.92 Å². The van der Waals surface area contributed by atoms with Crippen LogP contribution in [0.3, 0.4) is 0 Å². The first-order valence-corrected chi connectivity index (χ1v) is 7.04. The van der Waals surface area contributed by atoms with Crippen LogP contribution in [-0.4, -0.2) is 47.0 Å². The van der Waals surface area contributed by atoms with Crippen molar-refractivity contribution >= 4 is 11.8 Å². The zero-order valence-corrected chi connectivity index (χ0v) is 12.4. The van der Waals surface area contributed by atoms with Crippen LogP contribution in [0, 0.1) is 5.92 Å². The predicted octanol–water partition coefficient (Wildman–Crippen LogP) is 0.925. The van der Waals surface area contributed by atoms with Crippen molar-refractivity contribution in [3.63, 3.8) is 0 Å². The van der Waals surface area contributed by atoms with Crippen LogP contribution >= 0.6 is 0 Å². The fourth-order valence-electron chi connectivity index (χ4n) is 3.14. The summed E-state index contributed by atoms with van der Waals surface area (Å²) in [7, 11) is 0. The van der Waals surface area contributed by atoms with Crippen LogP contribution in [0.2, 0.25) is 0 Å². The molecule has 2 amide bonds. The molecule has 108 valence electrons. The molecule has 0 aromatic carbocycles. The molecule has 5 nitrogen and oxygen atoms in total. The van der Waals surface area contributed by atoms with Gasteiger partial charge in [-0.2, -0.15) is 0 Å². The highest BCUT2D eigenvalue weighted by molar-refractivity contribution is 5.97. The van der Waals surface area contributed by atoms with Crippen LogP contribution in [0.15, 0.2) is 0 Å². The maximum Gasteiger partial charge on any atom is 0.246 e. The average Bonchev–Trinajstić information content (AvgIpc) is 2.64. The summed E-state index contributed by atoms with van der Waals surface area (Å²) < 4.78 is 5.64. The van der Waals surface area contributed by atoms with Crippen LogP contribution in [0.25, 0.3) is 0 Å². The van der Waals surface area contributed by atoms with E-state index in [0.717, 1.165) is 6.42 Å². The lowest BCUT2D eigenvalue weighted by molar-refractivity contribution is -0.160. The summed E-state index contributed by atoms with van der Waals surface area (Å²) >= 11 is 0. The predicted molar refractivity (Wildman–Crippen MR) is 71.5 cm³/mol. The summed E-state index contributed by atoms with van der Waals surface area (Å²) in [5.41, 5.74) is -0.391. The minimum Gasteiger partial charge on any atom is -0.376 e. The lowest BCUT2D eigenvalue weighted by atomic mass is 9.85. The molecule has 2 saturated heterocycles. The Bertz CT molecular complexity index is 396. The largest absolute Gasteiger partial charge is 0.376 e. The monoisotopic (exact) mass is 268 g/mol. The molecule has 2 fully saturated rings. The molecule has 0 radical (unpaired) electrons. The van der Waals surface area contributed by atoms with Crippen LogP contribution in [0.4, 0.5) is 0 Å². The Labute approximate surface area is 114 Å². The summed E-state index contributed by atoms with van der Waals surface area (Å²) in [6.45, 7) is 10.3. The molecule has 0 bridgehead atoms. The van der Waals surface area contributed by atoms with Crippen LogP contribution in [0.5, 0.6) is 0 Å². The zero-order chi connectivity index (χ0) is 14.4. The van der Waals surface area contributed by atoms with Gasteiger partial charge in [0.2, 0.25) is 11.8 Å². The van der Waals surface area contributed by atoms with Gasteiger partial charge >= 0.3 is 0 Å². The Morgan fingerprint density at radius 2 is 2.00 bits per heavy atom. The maximum absolute atomic E-state index is 12.6. The molecule has 19 heavy (non-hydrogen) atoms. The third kappa shape index (κ3) is 2.14. The van der Waals surface area contributed by atoms with Gasteiger partial charge in [-0.1, -0.05) is 13.8 Å². The van der Waals surface area contributed by atoms with Gasteiger partial charge in [-0.05, 0) is 33.1 Å². The summed E-state index contributed by atoms with van der Waals surface area (Å²) in [5.74, 6) is 0.0293. The third-order valence-electron chi connectivity index (χ3n) is 4.55. The molecule has 2 heterocycles. The highest BCUT2D eigenvalue weighted by atomic mass is 16.5. The van der Waals surface area contributed by atoms with Gasteiger partial charge in [0.15, 0.2) is 0 Å². The maximum atomic E-state index is 12.6. The second-order valence-electron chi connectivity index (χ2n) is 6.25. The summed E-state index contributed by atoms with van der Waals surface area (Å²) in [6.07, 6.45) is 0.735. The van der Waals surface area contributed by atoms with Gasteiger partial charge in [0.1, 0.15) is 12.1 Å². The van der Waals surface area contributed by atoms with E-state index in [9.17, 15) is 9.59 Å². The summed E-state index contributed by atoms with van der Waals surface area (Å²) in [4.78, 5) is 26.6. The zero-order valence-electron chi connectivity index (χ0n) is 12.4. The lowest BCUT2D eigenvalue weighted by Gasteiger charge is -2.49. The fraction of sp³-hybridized carbons (Fsp3) is 0.857. The SMILES string of the molecule is CC1NC(=O)C(C(C)C)N(C2(C)CCOC2C)C1=O. The molecule has 4 unspecified atom stereocenters. The van der Waals surface area contributed by atoms with Crippen LogP contribution in [0.1, 0.15) is 41.0 Å². The molecule has 4 atom stereocenters. The van der Waals surface area contributed by atoms with Gasteiger partial charge in [0, 0.05) is 6.61 Å². The Hall–Kier alpha value is -1.10.